The average molecular weight is 328 g/mol. The highest BCUT2D eigenvalue weighted by atomic mass is 16.6. The van der Waals surface area contributed by atoms with E-state index in [1.54, 1.807) is 6.92 Å². The van der Waals surface area contributed by atoms with Gasteiger partial charge in [0.15, 0.2) is 0 Å². The van der Waals surface area contributed by atoms with Crippen molar-refractivity contribution in [2.75, 3.05) is 26.4 Å². The summed E-state index contributed by atoms with van der Waals surface area (Å²) in [7, 11) is 0. The van der Waals surface area contributed by atoms with Crippen molar-refractivity contribution in [1.82, 2.24) is 0 Å². The highest BCUT2D eigenvalue weighted by Gasteiger charge is 2.22. The predicted octanol–water partition coefficient (Wildman–Crippen LogP) is 3.00. The highest BCUT2D eigenvalue weighted by molar-refractivity contribution is 5.86. The standard InChI is InChI=1S/C10H18O.C8H14O4/c1-2-6-9(5-1)11-10-7-3-4-8-10;1-7(2)8(10)12-6-5-11-4-3-9/h9-10H,1-8H2;9H,1,3-6H2,2H3. The highest BCUT2D eigenvalue weighted by Crippen LogP contribution is 2.28. The first-order chi connectivity index (χ1) is 11.1. The lowest BCUT2D eigenvalue weighted by atomic mass is 10.2. The molecule has 5 nitrogen and oxygen atoms in total. The molecule has 0 radical (unpaired) electrons. The molecule has 0 saturated heterocycles. The molecule has 0 spiro atoms. The Kier molecular flexibility index (Phi) is 10.9. The maximum atomic E-state index is 10.7. The van der Waals surface area contributed by atoms with Crippen molar-refractivity contribution in [2.24, 2.45) is 0 Å². The molecule has 2 rings (SSSR count). The van der Waals surface area contributed by atoms with Crippen molar-refractivity contribution >= 4 is 5.97 Å². The maximum absolute atomic E-state index is 10.7. The van der Waals surface area contributed by atoms with Gasteiger partial charge in [-0.3, -0.25) is 0 Å². The SMILES string of the molecule is C1CCC(OC2CCCC2)C1.C=C(C)C(=O)OCCOCCO. The topological polar surface area (TPSA) is 65.0 Å². The van der Waals surface area contributed by atoms with Crippen molar-refractivity contribution in [3.8, 4) is 0 Å². The van der Waals surface area contributed by atoms with Crippen molar-refractivity contribution < 1.29 is 24.1 Å². The number of esters is 1. The van der Waals surface area contributed by atoms with E-state index >= 15 is 0 Å². The fourth-order valence-electron chi connectivity index (χ4n) is 2.80. The molecule has 2 aliphatic rings. The summed E-state index contributed by atoms with van der Waals surface area (Å²) in [6.07, 6.45) is 12.2. The van der Waals surface area contributed by atoms with Gasteiger partial charge in [0.25, 0.3) is 0 Å². The minimum Gasteiger partial charge on any atom is -0.460 e. The Bertz CT molecular complexity index is 316. The number of rotatable bonds is 8. The lowest BCUT2D eigenvalue weighted by Crippen LogP contribution is -2.16. The summed E-state index contributed by atoms with van der Waals surface area (Å²) >= 11 is 0. The third kappa shape index (κ3) is 9.74. The van der Waals surface area contributed by atoms with E-state index in [9.17, 15) is 4.79 Å². The zero-order valence-corrected chi connectivity index (χ0v) is 14.4. The molecule has 0 bridgehead atoms. The summed E-state index contributed by atoms with van der Waals surface area (Å²) < 4.78 is 15.5. The molecule has 0 unspecified atom stereocenters. The monoisotopic (exact) mass is 328 g/mol. The fourth-order valence-corrected chi connectivity index (χ4v) is 2.80. The second kappa shape index (κ2) is 12.5. The molecule has 0 aliphatic heterocycles. The van der Waals surface area contributed by atoms with Gasteiger partial charge in [0.05, 0.1) is 32.0 Å². The van der Waals surface area contributed by atoms with E-state index in [0.29, 0.717) is 24.4 Å². The Morgan fingerprint density at radius 2 is 1.52 bits per heavy atom. The van der Waals surface area contributed by atoms with E-state index in [-0.39, 0.29) is 19.8 Å². The number of aliphatic hydroxyl groups excluding tert-OH is 1. The fraction of sp³-hybridized carbons (Fsp3) is 0.833. The van der Waals surface area contributed by atoms with Gasteiger partial charge in [-0.15, -0.1) is 0 Å². The predicted molar refractivity (Wildman–Crippen MR) is 89.3 cm³/mol. The van der Waals surface area contributed by atoms with Crippen molar-refractivity contribution in [3.05, 3.63) is 12.2 Å². The molecule has 0 heterocycles. The van der Waals surface area contributed by atoms with Gasteiger partial charge in [-0.05, 0) is 32.6 Å². The van der Waals surface area contributed by atoms with E-state index in [1.807, 2.05) is 0 Å². The number of ether oxygens (including phenoxy) is 3. The van der Waals surface area contributed by atoms with Crippen LogP contribution in [0, 0.1) is 0 Å². The van der Waals surface area contributed by atoms with Gasteiger partial charge in [-0.25, -0.2) is 4.79 Å². The second-order valence-electron chi connectivity index (χ2n) is 6.20. The van der Waals surface area contributed by atoms with Gasteiger partial charge in [0.1, 0.15) is 6.61 Å². The van der Waals surface area contributed by atoms with Crippen LogP contribution in [0.1, 0.15) is 58.3 Å². The first-order valence-electron chi connectivity index (χ1n) is 8.80. The maximum Gasteiger partial charge on any atom is 0.333 e. The summed E-state index contributed by atoms with van der Waals surface area (Å²) in [4.78, 5) is 10.7. The van der Waals surface area contributed by atoms with E-state index in [1.165, 1.54) is 51.4 Å². The number of hydrogen-bond donors (Lipinski definition) is 1. The average Bonchev–Trinajstić information content (AvgIpc) is 3.22. The lowest BCUT2D eigenvalue weighted by Gasteiger charge is -2.16. The summed E-state index contributed by atoms with van der Waals surface area (Å²) in [6, 6.07) is 0. The van der Waals surface area contributed by atoms with Crippen LogP contribution in [-0.2, 0) is 19.0 Å². The Labute approximate surface area is 140 Å². The Balaban J connectivity index is 0.000000230. The van der Waals surface area contributed by atoms with Crippen LogP contribution < -0.4 is 0 Å². The summed E-state index contributed by atoms with van der Waals surface area (Å²) in [5.74, 6) is -0.414. The van der Waals surface area contributed by atoms with Gasteiger partial charge in [0, 0.05) is 5.57 Å². The molecule has 2 aliphatic carbocycles. The molecule has 1 N–H and O–H groups in total. The molecular formula is C18H32O5. The minimum absolute atomic E-state index is 0.0194. The molecule has 2 fully saturated rings. The summed E-state index contributed by atoms with van der Waals surface area (Å²) in [6.45, 7) is 5.75. The molecule has 0 aromatic rings. The number of aliphatic hydroxyl groups is 1. The molecule has 0 aromatic heterocycles. The van der Waals surface area contributed by atoms with Gasteiger partial charge in [0.2, 0.25) is 0 Å². The Morgan fingerprint density at radius 3 is 1.96 bits per heavy atom. The Hall–Kier alpha value is -0.910. The third-order valence-electron chi connectivity index (χ3n) is 4.03. The zero-order valence-electron chi connectivity index (χ0n) is 14.4. The van der Waals surface area contributed by atoms with Crippen molar-refractivity contribution in [1.29, 1.82) is 0 Å². The third-order valence-corrected chi connectivity index (χ3v) is 4.03. The van der Waals surface area contributed by atoms with Crippen LogP contribution >= 0.6 is 0 Å². The molecule has 0 aromatic carbocycles. The normalized spacial score (nSPS) is 18.5. The van der Waals surface area contributed by atoms with Crippen LogP contribution in [-0.4, -0.2) is 49.7 Å². The molecule has 23 heavy (non-hydrogen) atoms. The van der Waals surface area contributed by atoms with E-state index in [4.69, 9.17) is 19.3 Å². The number of hydrogen-bond acceptors (Lipinski definition) is 5. The first kappa shape index (κ1) is 20.1. The van der Waals surface area contributed by atoms with E-state index < -0.39 is 5.97 Å². The van der Waals surface area contributed by atoms with Gasteiger partial charge < -0.3 is 19.3 Å². The van der Waals surface area contributed by atoms with E-state index in [0.717, 1.165) is 0 Å². The van der Waals surface area contributed by atoms with Crippen LogP contribution in [0.3, 0.4) is 0 Å². The van der Waals surface area contributed by atoms with Gasteiger partial charge >= 0.3 is 5.97 Å². The molecule has 0 amide bonds. The second-order valence-corrected chi connectivity index (χ2v) is 6.20. The smallest absolute Gasteiger partial charge is 0.333 e. The molecular weight excluding hydrogens is 296 g/mol. The number of carbonyl (C=O) groups is 1. The summed E-state index contributed by atoms with van der Waals surface area (Å²) in [5, 5.41) is 8.32. The number of carbonyl (C=O) groups excluding carboxylic acids is 1. The van der Waals surface area contributed by atoms with Crippen molar-refractivity contribution in [2.45, 2.75) is 70.5 Å². The first-order valence-corrected chi connectivity index (χ1v) is 8.80. The summed E-state index contributed by atoms with van der Waals surface area (Å²) in [5.41, 5.74) is 0.372. The van der Waals surface area contributed by atoms with Crippen LogP contribution in [0.2, 0.25) is 0 Å². The van der Waals surface area contributed by atoms with Crippen LogP contribution in [0.5, 0.6) is 0 Å². The van der Waals surface area contributed by atoms with E-state index in [2.05, 4.69) is 6.58 Å². The quantitative estimate of drug-likeness (QED) is 0.421. The molecule has 134 valence electrons. The minimum atomic E-state index is -0.414. The zero-order chi connectivity index (χ0) is 16.9. The Morgan fingerprint density at radius 1 is 1.00 bits per heavy atom. The molecule has 0 atom stereocenters. The van der Waals surface area contributed by atoms with Crippen LogP contribution in [0.4, 0.5) is 0 Å². The lowest BCUT2D eigenvalue weighted by molar-refractivity contribution is -0.140. The van der Waals surface area contributed by atoms with Gasteiger partial charge in [-0.2, -0.15) is 0 Å². The molecule has 2 saturated carbocycles. The van der Waals surface area contributed by atoms with Crippen molar-refractivity contribution in [3.63, 3.8) is 0 Å². The molecule has 5 heteroatoms. The van der Waals surface area contributed by atoms with Crippen LogP contribution in [0.25, 0.3) is 0 Å². The van der Waals surface area contributed by atoms with Crippen LogP contribution in [0.15, 0.2) is 12.2 Å². The largest absolute Gasteiger partial charge is 0.460 e. The van der Waals surface area contributed by atoms with Gasteiger partial charge in [-0.1, -0.05) is 32.3 Å².